The molecule has 8 nitrogen and oxygen atoms in total. The summed E-state index contributed by atoms with van der Waals surface area (Å²) >= 11 is 5.88. The van der Waals surface area contributed by atoms with E-state index in [1.165, 1.54) is 28.0 Å². The maximum absolute atomic E-state index is 13.8. The normalized spacial score (nSPS) is 22.1. The monoisotopic (exact) mass is 502 g/mol. The molecule has 2 fully saturated rings. The molecule has 0 radical (unpaired) electrons. The van der Waals surface area contributed by atoms with Gasteiger partial charge in [-0.25, -0.2) is 4.39 Å². The molecular weight excluding hydrogens is 475 g/mol. The first-order valence-electron chi connectivity index (χ1n) is 11.6. The Bertz CT molecular complexity index is 1080. The topological polar surface area (TPSA) is 105 Å². The SMILES string of the molecule is NC1CCC(NC(=O)C2N(C(=O)COc3ccc(Cl)cc3)CCN2C(=O)c2cccc(F)c2)CC1. The standard InChI is InChI=1S/C25H28ClFN4O4/c26-17-4-10-21(11-5-17)35-15-22(32)30-12-13-31(25(34)16-2-1-3-18(27)14-16)24(30)23(33)29-20-8-6-19(28)7-9-20/h1-5,10-11,14,19-20,24H,6-9,12-13,15,28H2,(H,29,33). The molecule has 1 atom stereocenters. The van der Waals surface area contributed by atoms with Gasteiger partial charge in [0.1, 0.15) is 11.6 Å². The molecule has 1 saturated carbocycles. The van der Waals surface area contributed by atoms with Crippen LogP contribution >= 0.6 is 11.6 Å². The lowest BCUT2D eigenvalue weighted by Crippen LogP contribution is -2.56. The predicted molar refractivity (Wildman–Crippen MR) is 128 cm³/mol. The lowest BCUT2D eigenvalue weighted by Gasteiger charge is -2.32. The van der Waals surface area contributed by atoms with E-state index in [9.17, 15) is 18.8 Å². The number of carbonyl (C=O) groups is 3. The van der Waals surface area contributed by atoms with Gasteiger partial charge in [-0.05, 0) is 68.1 Å². The van der Waals surface area contributed by atoms with Gasteiger partial charge in [0.2, 0.25) is 0 Å². The molecule has 2 aromatic carbocycles. The van der Waals surface area contributed by atoms with Gasteiger partial charge in [0.25, 0.3) is 17.7 Å². The van der Waals surface area contributed by atoms with Gasteiger partial charge < -0.3 is 25.6 Å². The minimum atomic E-state index is -1.16. The Balaban J connectivity index is 1.51. The van der Waals surface area contributed by atoms with Gasteiger partial charge >= 0.3 is 0 Å². The highest BCUT2D eigenvalue weighted by molar-refractivity contribution is 6.30. The van der Waals surface area contributed by atoms with Crippen molar-refractivity contribution in [2.45, 2.75) is 43.9 Å². The van der Waals surface area contributed by atoms with Crippen LogP contribution in [-0.2, 0) is 9.59 Å². The first kappa shape index (κ1) is 24.9. The highest BCUT2D eigenvalue weighted by atomic mass is 35.5. The van der Waals surface area contributed by atoms with Crippen molar-refractivity contribution in [1.29, 1.82) is 0 Å². The molecule has 2 aromatic rings. The Morgan fingerprint density at radius 1 is 1.03 bits per heavy atom. The zero-order valence-electron chi connectivity index (χ0n) is 19.2. The first-order valence-corrected chi connectivity index (χ1v) is 12.0. The molecule has 0 spiro atoms. The quantitative estimate of drug-likeness (QED) is 0.631. The van der Waals surface area contributed by atoms with Crippen LogP contribution < -0.4 is 15.8 Å². The summed E-state index contributed by atoms with van der Waals surface area (Å²) < 4.78 is 19.3. The smallest absolute Gasteiger partial charge is 0.264 e. The Labute approximate surface area is 208 Å². The van der Waals surface area contributed by atoms with Crippen LogP contribution in [0.1, 0.15) is 36.0 Å². The molecule has 1 unspecified atom stereocenters. The summed E-state index contributed by atoms with van der Waals surface area (Å²) in [6.45, 7) is -0.0289. The predicted octanol–water partition coefficient (Wildman–Crippen LogP) is 2.55. The number of halogens is 2. The molecule has 10 heteroatoms. The van der Waals surface area contributed by atoms with Crippen LogP contribution in [0.15, 0.2) is 48.5 Å². The summed E-state index contributed by atoms with van der Waals surface area (Å²) in [4.78, 5) is 42.3. The zero-order chi connectivity index (χ0) is 24.9. The minimum Gasteiger partial charge on any atom is -0.484 e. The summed E-state index contributed by atoms with van der Waals surface area (Å²) in [5.41, 5.74) is 6.08. The Hall–Kier alpha value is -3.17. The fraction of sp³-hybridized carbons (Fsp3) is 0.400. The number of nitrogens with one attached hydrogen (secondary N) is 1. The molecule has 3 amide bonds. The van der Waals surface area contributed by atoms with E-state index in [0.29, 0.717) is 10.8 Å². The maximum atomic E-state index is 13.8. The van der Waals surface area contributed by atoms with E-state index < -0.39 is 29.7 Å². The summed E-state index contributed by atoms with van der Waals surface area (Å²) in [5.74, 6) is -1.52. The molecule has 3 N–H and O–H groups in total. The van der Waals surface area contributed by atoms with Gasteiger partial charge in [-0.2, -0.15) is 0 Å². The molecule has 1 saturated heterocycles. The average Bonchev–Trinajstić information content (AvgIpc) is 3.30. The highest BCUT2D eigenvalue weighted by Gasteiger charge is 2.43. The van der Waals surface area contributed by atoms with Gasteiger partial charge in [0.05, 0.1) is 0 Å². The average molecular weight is 503 g/mol. The third-order valence-corrected chi connectivity index (χ3v) is 6.61. The van der Waals surface area contributed by atoms with Crippen molar-refractivity contribution < 1.29 is 23.5 Å². The molecule has 2 aliphatic rings. The van der Waals surface area contributed by atoms with Crippen molar-refractivity contribution in [1.82, 2.24) is 15.1 Å². The number of ether oxygens (including phenoxy) is 1. The van der Waals surface area contributed by atoms with Crippen LogP contribution in [0.25, 0.3) is 0 Å². The molecule has 0 bridgehead atoms. The lowest BCUT2D eigenvalue weighted by atomic mass is 9.92. The minimum absolute atomic E-state index is 0.0868. The fourth-order valence-corrected chi connectivity index (χ4v) is 4.60. The molecule has 186 valence electrons. The van der Waals surface area contributed by atoms with Gasteiger partial charge in [0, 0.05) is 35.8 Å². The van der Waals surface area contributed by atoms with Crippen molar-refractivity contribution in [3.63, 3.8) is 0 Å². The van der Waals surface area contributed by atoms with Crippen LogP contribution in [0.3, 0.4) is 0 Å². The van der Waals surface area contributed by atoms with E-state index in [1.54, 1.807) is 24.3 Å². The molecule has 0 aromatic heterocycles. The van der Waals surface area contributed by atoms with Crippen LogP contribution in [0.5, 0.6) is 5.75 Å². The molecule has 1 aliphatic carbocycles. The number of carbonyl (C=O) groups excluding carboxylic acids is 3. The molecule has 1 aliphatic heterocycles. The maximum Gasteiger partial charge on any atom is 0.264 e. The summed E-state index contributed by atoms with van der Waals surface area (Å²) in [6.07, 6.45) is 1.87. The Kier molecular flexibility index (Phi) is 7.87. The third kappa shape index (κ3) is 6.10. The van der Waals surface area contributed by atoms with Gasteiger partial charge in [-0.1, -0.05) is 17.7 Å². The third-order valence-electron chi connectivity index (χ3n) is 6.35. The van der Waals surface area contributed by atoms with E-state index in [1.807, 2.05) is 0 Å². The number of benzene rings is 2. The number of nitrogens with zero attached hydrogens (tertiary/aromatic N) is 2. The lowest BCUT2D eigenvalue weighted by molar-refractivity contribution is -0.143. The van der Waals surface area contributed by atoms with E-state index in [4.69, 9.17) is 22.1 Å². The second kappa shape index (κ2) is 11.0. The zero-order valence-corrected chi connectivity index (χ0v) is 19.9. The van der Waals surface area contributed by atoms with Crippen molar-refractivity contribution in [3.8, 4) is 5.75 Å². The van der Waals surface area contributed by atoms with E-state index in [0.717, 1.165) is 31.7 Å². The first-order chi connectivity index (χ1) is 16.8. The fourth-order valence-electron chi connectivity index (χ4n) is 4.47. The number of hydrogen-bond acceptors (Lipinski definition) is 5. The van der Waals surface area contributed by atoms with Crippen LogP contribution in [0.2, 0.25) is 5.02 Å². The highest BCUT2D eigenvalue weighted by Crippen LogP contribution is 2.23. The van der Waals surface area contributed by atoms with Crippen LogP contribution in [0.4, 0.5) is 4.39 Å². The van der Waals surface area contributed by atoms with Crippen molar-refractivity contribution in [3.05, 3.63) is 64.9 Å². The second-order valence-electron chi connectivity index (χ2n) is 8.83. The van der Waals surface area contributed by atoms with Gasteiger partial charge in [-0.3, -0.25) is 14.4 Å². The van der Waals surface area contributed by atoms with E-state index >= 15 is 0 Å². The van der Waals surface area contributed by atoms with E-state index in [-0.39, 0.29) is 37.3 Å². The number of rotatable bonds is 6. The Morgan fingerprint density at radius 3 is 2.40 bits per heavy atom. The summed E-state index contributed by atoms with van der Waals surface area (Å²) in [6, 6.07) is 11.9. The van der Waals surface area contributed by atoms with Gasteiger partial charge in [0.15, 0.2) is 12.8 Å². The van der Waals surface area contributed by atoms with Gasteiger partial charge in [-0.15, -0.1) is 0 Å². The second-order valence-corrected chi connectivity index (χ2v) is 9.27. The van der Waals surface area contributed by atoms with Crippen molar-refractivity contribution >= 4 is 29.3 Å². The molecule has 35 heavy (non-hydrogen) atoms. The van der Waals surface area contributed by atoms with Crippen LogP contribution in [-0.4, -0.2) is 65.5 Å². The van der Waals surface area contributed by atoms with Crippen molar-refractivity contribution in [2.75, 3.05) is 19.7 Å². The molecular formula is C25H28ClFN4O4. The largest absolute Gasteiger partial charge is 0.484 e. The van der Waals surface area contributed by atoms with Crippen molar-refractivity contribution in [2.24, 2.45) is 5.73 Å². The van der Waals surface area contributed by atoms with Crippen LogP contribution in [0, 0.1) is 5.82 Å². The number of amides is 3. The van der Waals surface area contributed by atoms with E-state index in [2.05, 4.69) is 5.32 Å². The number of nitrogens with two attached hydrogens (primary N) is 1. The summed E-state index contributed by atoms with van der Waals surface area (Å²) in [5, 5.41) is 3.52. The summed E-state index contributed by atoms with van der Waals surface area (Å²) in [7, 11) is 0. The number of hydrogen-bond donors (Lipinski definition) is 2. The molecule has 1 heterocycles. The molecule has 4 rings (SSSR count). The Morgan fingerprint density at radius 2 is 1.71 bits per heavy atom.